The Morgan fingerprint density at radius 1 is 0.900 bits per heavy atom. The van der Waals surface area contributed by atoms with Gasteiger partial charge in [0.1, 0.15) is 17.5 Å². The molecular weight excluding hydrogens is 552 g/mol. The molecule has 0 saturated carbocycles. The van der Waals surface area contributed by atoms with E-state index in [-0.39, 0.29) is 34.2 Å². The minimum absolute atomic E-state index is 0.112. The Kier molecular flexibility index (Phi) is 9.61. The highest BCUT2D eigenvalue weighted by atomic mass is 32.2. The quantitative estimate of drug-likeness (QED) is 0.221. The van der Waals surface area contributed by atoms with Crippen LogP contribution in [0.2, 0.25) is 0 Å². The van der Waals surface area contributed by atoms with Crippen molar-refractivity contribution < 1.29 is 27.5 Å². The number of para-hydroxylation sites is 1. The molecule has 2 amide bonds. The fourth-order valence-corrected chi connectivity index (χ4v) is 6.23. The van der Waals surface area contributed by atoms with E-state index in [1.54, 1.807) is 24.3 Å². The number of nitrogens with one attached hydrogen (secondary N) is 3. The van der Waals surface area contributed by atoms with Gasteiger partial charge in [0, 0.05) is 12.6 Å². The predicted molar refractivity (Wildman–Crippen MR) is 153 cm³/mol. The number of sulfonamides is 1. The van der Waals surface area contributed by atoms with Gasteiger partial charge in [-0.3, -0.25) is 9.59 Å². The van der Waals surface area contributed by atoms with Gasteiger partial charge in [0.05, 0.1) is 18.9 Å². The first-order valence-electron chi connectivity index (χ1n) is 12.2. The van der Waals surface area contributed by atoms with Gasteiger partial charge in [0.25, 0.3) is 10.0 Å². The van der Waals surface area contributed by atoms with E-state index in [1.807, 2.05) is 60.7 Å². The lowest BCUT2D eigenvalue weighted by Gasteiger charge is -2.19. The van der Waals surface area contributed by atoms with Gasteiger partial charge in [-0.05, 0) is 48.9 Å². The molecule has 0 fully saturated rings. The van der Waals surface area contributed by atoms with Crippen LogP contribution in [-0.4, -0.2) is 37.9 Å². The predicted octanol–water partition coefficient (Wildman–Crippen LogP) is 4.70. The van der Waals surface area contributed by atoms with Crippen molar-refractivity contribution in [2.24, 2.45) is 0 Å². The van der Waals surface area contributed by atoms with Crippen LogP contribution in [0.4, 0.5) is 10.8 Å². The van der Waals surface area contributed by atoms with Crippen LogP contribution in [-0.2, 0) is 31.0 Å². The molecule has 0 aliphatic carbocycles. The van der Waals surface area contributed by atoms with Crippen LogP contribution >= 0.6 is 11.3 Å². The lowest BCUT2D eigenvalue weighted by atomic mass is 10.2. The molecule has 0 aliphatic heterocycles. The highest BCUT2D eigenvalue weighted by Crippen LogP contribution is 2.27. The van der Waals surface area contributed by atoms with Crippen LogP contribution in [0.3, 0.4) is 0 Å². The number of hydrogen-bond donors (Lipinski definition) is 3. The fourth-order valence-electron chi connectivity index (χ4n) is 3.57. The molecule has 0 saturated heterocycles. The third-order valence-corrected chi connectivity index (χ3v) is 8.55. The smallest absolute Gasteiger partial charge is 0.252 e. The highest BCUT2D eigenvalue weighted by Gasteiger charge is 2.29. The van der Waals surface area contributed by atoms with E-state index in [1.165, 1.54) is 13.8 Å². The SMILES string of the molecule is CC(=O)Nc1nc(C)c(S(=O)(=O)NC(COCc2ccccc2)C(=O)Nc2ccc(Oc3ccccc3)cc2)s1. The molecule has 0 aliphatic rings. The van der Waals surface area contributed by atoms with Gasteiger partial charge in [-0.15, -0.1) is 0 Å². The molecule has 10 nitrogen and oxygen atoms in total. The van der Waals surface area contributed by atoms with E-state index in [0.29, 0.717) is 17.2 Å². The number of amides is 2. The maximum absolute atomic E-state index is 13.3. The number of aromatic nitrogens is 1. The number of carbonyl (C=O) groups is 2. The van der Waals surface area contributed by atoms with E-state index in [9.17, 15) is 18.0 Å². The van der Waals surface area contributed by atoms with E-state index in [0.717, 1.165) is 16.9 Å². The summed E-state index contributed by atoms with van der Waals surface area (Å²) in [7, 11) is -4.18. The summed E-state index contributed by atoms with van der Waals surface area (Å²) in [6.07, 6.45) is 0. The first-order chi connectivity index (χ1) is 19.2. The monoisotopic (exact) mass is 580 g/mol. The molecule has 4 rings (SSSR count). The van der Waals surface area contributed by atoms with E-state index in [4.69, 9.17) is 9.47 Å². The summed E-state index contributed by atoms with van der Waals surface area (Å²) in [6.45, 7) is 2.76. The molecule has 1 atom stereocenters. The standard InChI is InChI=1S/C28H28N4O6S2/c1-19-27(39-28(29-19)30-20(2)33)40(35,36)32-25(18-37-17-21-9-5-3-6-10-21)26(34)31-22-13-15-24(16-14-22)38-23-11-7-4-8-12-23/h3-16,25,32H,17-18H2,1-2H3,(H,31,34)(H,29,30,33). The summed E-state index contributed by atoms with van der Waals surface area (Å²) in [5.74, 6) is 0.252. The lowest BCUT2D eigenvalue weighted by Crippen LogP contribution is -2.46. The summed E-state index contributed by atoms with van der Waals surface area (Å²) in [5.41, 5.74) is 1.51. The van der Waals surface area contributed by atoms with Crippen molar-refractivity contribution in [1.82, 2.24) is 9.71 Å². The summed E-state index contributed by atoms with van der Waals surface area (Å²) in [4.78, 5) is 28.7. The molecule has 0 bridgehead atoms. The minimum atomic E-state index is -4.18. The normalized spacial score (nSPS) is 11.9. The third kappa shape index (κ3) is 8.20. The number of hydrogen-bond acceptors (Lipinski definition) is 8. The van der Waals surface area contributed by atoms with Gasteiger partial charge in [-0.2, -0.15) is 4.72 Å². The molecule has 1 aromatic heterocycles. The van der Waals surface area contributed by atoms with Crippen molar-refractivity contribution >= 4 is 44.0 Å². The van der Waals surface area contributed by atoms with Gasteiger partial charge in [-0.25, -0.2) is 13.4 Å². The van der Waals surface area contributed by atoms with E-state index < -0.39 is 22.0 Å². The largest absolute Gasteiger partial charge is 0.457 e. The van der Waals surface area contributed by atoms with Gasteiger partial charge in [-0.1, -0.05) is 59.9 Å². The van der Waals surface area contributed by atoms with Gasteiger partial charge < -0.3 is 20.1 Å². The van der Waals surface area contributed by atoms with E-state index >= 15 is 0 Å². The molecule has 40 heavy (non-hydrogen) atoms. The molecule has 3 N–H and O–H groups in total. The average Bonchev–Trinajstić information content (AvgIpc) is 3.30. The zero-order valence-electron chi connectivity index (χ0n) is 21.8. The maximum atomic E-state index is 13.3. The second-order valence-electron chi connectivity index (χ2n) is 8.68. The van der Waals surface area contributed by atoms with Crippen LogP contribution in [0.1, 0.15) is 18.2 Å². The van der Waals surface area contributed by atoms with Crippen LogP contribution < -0.4 is 20.1 Å². The number of carbonyl (C=O) groups excluding carboxylic acids is 2. The highest BCUT2D eigenvalue weighted by molar-refractivity contribution is 7.91. The summed E-state index contributed by atoms with van der Waals surface area (Å²) in [6, 6.07) is 24.0. The molecular formula is C28H28N4O6S2. The lowest BCUT2D eigenvalue weighted by molar-refractivity contribution is -0.119. The number of aryl methyl sites for hydroxylation is 1. The summed E-state index contributed by atoms with van der Waals surface area (Å²) in [5, 5.41) is 5.36. The molecule has 12 heteroatoms. The number of ether oxygens (including phenoxy) is 2. The van der Waals surface area contributed by atoms with Crippen LogP contribution in [0.25, 0.3) is 0 Å². The molecule has 1 unspecified atom stereocenters. The van der Waals surface area contributed by atoms with Crippen molar-refractivity contribution in [1.29, 1.82) is 0 Å². The van der Waals surface area contributed by atoms with Gasteiger partial charge in [0.15, 0.2) is 9.34 Å². The number of anilines is 2. The van der Waals surface area contributed by atoms with Crippen molar-refractivity contribution in [3.63, 3.8) is 0 Å². The minimum Gasteiger partial charge on any atom is -0.457 e. The Balaban J connectivity index is 1.48. The molecule has 1 heterocycles. The number of benzene rings is 3. The van der Waals surface area contributed by atoms with Crippen LogP contribution in [0, 0.1) is 6.92 Å². The first kappa shape index (κ1) is 28.9. The third-order valence-electron chi connectivity index (χ3n) is 5.39. The Morgan fingerprint density at radius 2 is 1.52 bits per heavy atom. The Bertz CT molecular complexity index is 1540. The van der Waals surface area contributed by atoms with Crippen LogP contribution in [0.15, 0.2) is 89.1 Å². The average molecular weight is 581 g/mol. The zero-order valence-corrected chi connectivity index (χ0v) is 23.4. The Hall–Kier alpha value is -4.10. The van der Waals surface area contributed by atoms with Gasteiger partial charge in [0.2, 0.25) is 11.8 Å². The molecule has 0 radical (unpaired) electrons. The molecule has 4 aromatic rings. The Morgan fingerprint density at radius 3 is 2.17 bits per heavy atom. The number of rotatable bonds is 12. The summed E-state index contributed by atoms with van der Waals surface area (Å²) < 4.78 is 40.4. The van der Waals surface area contributed by atoms with Gasteiger partial charge >= 0.3 is 0 Å². The number of thiazole rings is 1. The van der Waals surface area contributed by atoms with Crippen molar-refractivity contribution in [3.8, 4) is 11.5 Å². The second kappa shape index (κ2) is 13.3. The van der Waals surface area contributed by atoms with Crippen molar-refractivity contribution in [2.75, 3.05) is 17.2 Å². The second-order valence-corrected chi connectivity index (χ2v) is 11.6. The first-order valence-corrected chi connectivity index (χ1v) is 14.5. The summed E-state index contributed by atoms with van der Waals surface area (Å²) >= 11 is 0.795. The van der Waals surface area contributed by atoms with Crippen molar-refractivity contribution in [3.05, 3.63) is 96.2 Å². The Labute approximate surface area is 236 Å². The van der Waals surface area contributed by atoms with Crippen LogP contribution in [0.5, 0.6) is 11.5 Å². The molecule has 208 valence electrons. The van der Waals surface area contributed by atoms with Crippen molar-refractivity contribution in [2.45, 2.75) is 30.7 Å². The zero-order chi connectivity index (χ0) is 28.5. The molecule has 3 aromatic carbocycles. The van der Waals surface area contributed by atoms with E-state index in [2.05, 4.69) is 20.3 Å². The fraction of sp³-hybridized carbons (Fsp3) is 0.179. The maximum Gasteiger partial charge on any atom is 0.252 e. The number of nitrogens with zero attached hydrogens (tertiary/aromatic N) is 1. The molecule has 0 spiro atoms. The topological polar surface area (TPSA) is 136 Å².